The predicted octanol–water partition coefficient (Wildman–Crippen LogP) is 1.32. The van der Waals surface area contributed by atoms with Gasteiger partial charge in [0.05, 0.1) is 11.3 Å². The number of hydrogen-bond donors (Lipinski definition) is 2. The molecule has 4 heteroatoms. The molecule has 1 rings (SSSR count). The molecule has 0 bridgehead atoms. The summed E-state index contributed by atoms with van der Waals surface area (Å²) < 4.78 is 13.0. The Morgan fingerprint density at radius 2 is 2.17 bits per heavy atom. The minimum Gasteiger partial charge on any atom is -0.503 e. The second kappa shape index (κ2) is 2.81. The van der Waals surface area contributed by atoms with Gasteiger partial charge < -0.3 is 10.8 Å². The van der Waals surface area contributed by atoms with Gasteiger partial charge in [-0.15, -0.1) is 0 Å². The molecule has 0 spiro atoms. The average molecular weight is 169 g/mol. The quantitative estimate of drug-likeness (QED) is 0.378. The maximum Gasteiger partial charge on any atom is 0.177 e. The first kappa shape index (κ1) is 8.52. The van der Waals surface area contributed by atoms with Gasteiger partial charge in [0.2, 0.25) is 0 Å². The van der Waals surface area contributed by atoms with Crippen molar-refractivity contribution in [1.82, 2.24) is 0 Å². The Kier molecular flexibility index (Phi) is 1.99. The number of nitrogen functional groups attached to an aromatic ring is 1. The number of benzene rings is 1. The summed E-state index contributed by atoms with van der Waals surface area (Å²) in [4.78, 5) is 10.7. The fourth-order valence-electron chi connectivity index (χ4n) is 0.851. The highest BCUT2D eigenvalue weighted by Crippen LogP contribution is 2.26. The van der Waals surface area contributed by atoms with Crippen LogP contribution in [0.1, 0.15) is 17.3 Å². The smallest absolute Gasteiger partial charge is 0.177 e. The molecule has 0 heterocycles. The van der Waals surface area contributed by atoms with Crippen LogP contribution in [0.15, 0.2) is 12.1 Å². The number of anilines is 1. The molecule has 0 saturated heterocycles. The Bertz CT molecular complexity index is 336. The summed E-state index contributed by atoms with van der Waals surface area (Å²) in [5.41, 5.74) is 4.97. The number of carbonyl (C=O) groups is 1. The molecule has 0 aliphatic heterocycles. The van der Waals surface area contributed by atoms with Crippen LogP contribution in [0.2, 0.25) is 0 Å². The SMILES string of the molecule is CC(=O)c1ccc(N)c(O)c1F. The summed E-state index contributed by atoms with van der Waals surface area (Å²) in [6, 6.07) is 2.53. The van der Waals surface area contributed by atoms with Crippen molar-refractivity contribution >= 4 is 11.5 Å². The van der Waals surface area contributed by atoms with Gasteiger partial charge in [-0.1, -0.05) is 0 Å². The largest absolute Gasteiger partial charge is 0.503 e. The maximum atomic E-state index is 13.0. The fourth-order valence-corrected chi connectivity index (χ4v) is 0.851. The highest BCUT2D eigenvalue weighted by Gasteiger charge is 2.13. The predicted molar refractivity (Wildman–Crippen MR) is 42.5 cm³/mol. The second-order valence-corrected chi connectivity index (χ2v) is 2.42. The van der Waals surface area contributed by atoms with E-state index in [0.717, 1.165) is 0 Å². The Labute approximate surface area is 68.6 Å². The third-order valence-electron chi connectivity index (χ3n) is 1.53. The molecule has 3 N–H and O–H groups in total. The lowest BCUT2D eigenvalue weighted by molar-refractivity contribution is 0.101. The zero-order valence-corrected chi connectivity index (χ0v) is 6.47. The topological polar surface area (TPSA) is 63.3 Å². The number of hydrogen-bond acceptors (Lipinski definition) is 3. The molecule has 64 valence electrons. The first-order chi connectivity index (χ1) is 5.54. The third kappa shape index (κ3) is 1.23. The minimum absolute atomic E-state index is 0.0718. The number of carbonyl (C=O) groups excluding carboxylic acids is 1. The lowest BCUT2D eigenvalue weighted by Gasteiger charge is -2.02. The van der Waals surface area contributed by atoms with Crippen molar-refractivity contribution in [3.8, 4) is 5.75 Å². The van der Waals surface area contributed by atoms with Crippen molar-refractivity contribution in [1.29, 1.82) is 0 Å². The van der Waals surface area contributed by atoms with Gasteiger partial charge in [0.15, 0.2) is 17.3 Å². The van der Waals surface area contributed by atoms with Crippen LogP contribution < -0.4 is 5.73 Å². The van der Waals surface area contributed by atoms with E-state index in [4.69, 9.17) is 10.8 Å². The van der Waals surface area contributed by atoms with Crippen LogP contribution in [0.5, 0.6) is 5.75 Å². The van der Waals surface area contributed by atoms with Gasteiger partial charge >= 0.3 is 0 Å². The van der Waals surface area contributed by atoms with Crippen LogP contribution in [0.4, 0.5) is 10.1 Å². The van der Waals surface area contributed by atoms with Crippen molar-refractivity contribution in [2.75, 3.05) is 5.73 Å². The zero-order chi connectivity index (χ0) is 9.30. The molecule has 0 saturated carbocycles. The lowest BCUT2D eigenvalue weighted by atomic mass is 10.1. The summed E-state index contributed by atoms with van der Waals surface area (Å²) in [6.07, 6.45) is 0. The van der Waals surface area contributed by atoms with Gasteiger partial charge in [-0.3, -0.25) is 4.79 Å². The van der Waals surface area contributed by atoms with E-state index >= 15 is 0 Å². The van der Waals surface area contributed by atoms with Crippen molar-refractivity contribution in [3.05, 3.63) is 23.5 Å². The van der Waals surface area contributed by atoms with Gasteiger partial charge in [-0.2, -0.15) is 0 Å². The van der Waals surface area contributed by atoms with Gasteiger partial charge in [0.25, 0.3) is 0 Å². The number of rotatable bonds is 1. The van der Waals surface area contributed by atoms with Crippen molar-refractivity contribution in [3.63, 3.8) is 0 Å². The van der Waals surface area contributed by atoms with Crippen LogP contribution in [-0.4, -0.2) is 10.9 Å². The molecule has 0 aromatic heterocycles. The number of aromatic hydroxyl groups is 1. The van der Waals surface area contributed by atoms with Crippen molar-refractivity contribution in [2.24, 2.45) is 0 Å². The summed E-state index contributed by atoms with van der Waals surface area (Å²) in [6.45, 7) is 1.22. The van der Waals surface area contributed by atoms with Crippen LogP contribution in [0.3, 0.4) is 0 Å². The molecule has 3 nitrogen and oxygen atoms in total. The van der Waals surface area contributed by atoms with E-state index in [1.54, 1.807) is 0 Å². The molecule has 0 unspecified atom stereocenters. The number of Topliss-reactive ketones (excluding diaryl/α,β-unsaturated/α-hetero) is 1. The Balaban J connectivity index is 3.36. The average Bonchev–Trinajstić information content (AvgIpc) is 2.00. The molecule has 12 heavy (non-hydrogen) atoms. The molecule has 1 aromatic rings. The zero-order valence-electron chi connectivity index (χ0n) is 6.47. The minimum atomic E-state index is -0.956. The van der Waals surface area contributed by atoms with E-state index in [9.17, 15) is 9.18 Å². The van der Waals surface area contributed by atoms with Crippen molar-refractivity contribution < 1.29 is 14.3 Å². The number of halogens is 1. The van der Waals surface area contributed by atoms with E-state index in [0.29, 0.717) is 0 Å². The van der Waals surface area contributed by atoms with E-state index < -0.39 is 17.3 Å². The molecule has 0 amide bonds. The molecule has 0 aliphatic rings. The molecule has 0 atom stereocenters. The van der Waals surface area contributed by atoms with Gasteiger partial charge in [-0.05, 0) is 19.1 Å². The van der Waals surface area contributed by atoms with Gasteiger partial charge in [0, 0.05) is 0 Å². The Morgan fingerprint density at radius 1 is 1.58 bits per heavy atom. The fraction of sp³-hybridized carbons (Fsp3) is 0.125. The molecular weight excluding hydrogens is 161 g/mol. The van der Waals surface area contributed by atoms with Crippen molar-refractivity contribution in [2.45, 2.75) is 6.92 Å². The van der Waals surface area contributed by atoms with E-state index in [1.165, 1.54) is 19.1 Å². The highest BCUT2D eigenvalue weighted by atomic mass is 19.1. The van der Waals surface area contributed by atoms with E-state index in [1.807, 2.05) is 0 Å². The first-order valence-corrected chi connectivity index (χ1v) is 3.32. The van der Waals surface area contributed by atoms with Crippen LogP contribution in [-0.2, 0) is 0 Å². The Morgan fingerprint density at radius 3 is 2.67 bits per heavy atom. The molecule has 0 fully saturated rings. The standard InChI is InChI=1S/C8H8FNO2/c1-4(11)5-2-3-6(10)8(12)7(5)9/h2-3,12H,10H2,1H3. The van der Waals surface area contributed by atoms with Gasteiger partial charge in [-0.25, -0.2) is 4.39 Å². The van der Waals surface area contributed by atoms with Gasteiger partial charge in [0.1, 0.15) is 0 Å². The second-order valence-electron chi connectivity index (χ2n) is 2.42. The first-order valence-electron chi connectivity index (χ1n) is 3.32. The monoisotopic (exact) mass is 169 g/mol. The summed E-state index contributed by atoms with van der Waals surface area (Å²) in [5.74, 6) is -2.06. The van der Waals surface area contributed by atoms with Crippen LogP contribution in [0, 0.1) is 5.82 Å². The summed E-state index contributed by atoms with van der Waals surface area (Å²) in [7, 11) is 0. The molecule has 0 radical (unpaired) electrons. The summed E-state index contributed by atoms with van der Waals surface area (Å²) >= 11 is 0. The number of ketones is 1. The normalized spacial score (nSPS) is 9.83. The number of phenols is 1. The molecule has 0 aliphatic carbocycles. The van der Waals surface area contributed by atoms with E-state index in [2.05, 4.69) is 0 Å². The van der Waals surface area contributed by atoms with Crippen LogP contribution >= 0.6 is 0 Å². The lowest BCUT2D eigenvalue weighted by Crippen LogP contribution is -1.99. The maximum absolute atomic E-state index is 13.0. The summed E-state index contributed by atoms with van der Waals surface area (Å²) in [5, 5.41) is 8.98. The highest BCUT2D eigenvalue weighted by molar-refractivity contribution is 5.95. The van der Waals surface area contributed by atoms with Crippen LogP contribution in [0.25, 0.3) is 0 Å². The Hall–Kier alpha value is -1.58. The third-order valence-corrected chi connectivity index (χ3v) is 1.53. The molecular formula is C8H8FNO2. The van der Waals surface area contributed by atoms with E-state index in [-0.39, 0.29) is 11.3 Å². The molecule has 1 aromatic carbocycles. The number of phenolic OH excluding ortho intramolecular Hbond substituents is 1. The number of nitrogens with two attached hydrogens (primary N) is 1.